The maximum atomic E-state index is 10.2. The van der Waals surface area contributed by atoms with Gasteiger partial charge in [0.2, 0.25) is 0 Å². The molecule has 1 aliphatic heterocycles. The Bertz CT molecular complexity index is 384. The van der Waals surface area contributed by atoms with Crippen LogP contribution in [0.4, 0.5) is 0 Å². The zero-order valence-electron chi connectivity index (χ0n) is 10.6. The van der Waals surface area contributed by atoms with E-state index in [9.17, 15) is 5.11 Å². The van der Waals surface area contributed by atoms with Gasteiger partial charge < -0.3 is 15.2 Å². The second kappa shape index (κ2) is 5.07. The van der Waals surface area contributed by atoms with Crippen LogP contribution < -0.4 is 10.1 Å². The maximum absolute atomic E-state index is 10.2. The van der Waals surface area contributed by atoms with Crippen LogP contribution in [0.1, 0.15) is 24.0 Å². The molecule has 1 aromatic carbocycles. The summed E-state index contributed by atoms with van der Waals surface area (Å²) in [6.45, 7) is 3.70. The molecular weight excluding hydrogens is 214 g/mol. The van der Waals surface area contributed by atoms with Crippen LogP contribution in [0.25, 0.3) is 0 Å². The number of hydrogen-bond acceptors (Lipinski definition) is 3. The molecule has 3 nitrogen and oxygen atoms in total. The summed E-state index contributed by atoms with van der Waals surface area (Å²) in [6, 6.07) is 6.23. The predicted molar refractivity (Wildman–Crippen MR) is 68.5 cm³/mol. The summed E-state index contributed by atoms with van der Waals surface area (Å²) in [6.07, 6.45) is 2.61. The van der Waals surface area contributed by atoms with Crippen molar-refractivity contribution in [2.24, 2.45) is 0 Å². The molecule has 1 saturated heterocycles. The van der Waals surface area contributed by atoms with Gasteiger partial charge in [-0.15, -0.1) is 0 Å². The Morgan fingerprint density at radius 1 is 1.47 bits per heavy atom. The summed E-state index contributed by atoms with van der Waals surface area (Å²) in [7, 11) is 1.69. The lowest BCUT2D eigenvalue weighted by atomic mass is 9.93. The number of nitrogens with one attached hydrogen (secondary N) is 1. The molecule has 0 amide bonds. The molecular formula is C14H21NO2. The molecule has 0 spiro atoms. The standard InChI is InChI=1S/C14H21NO2/c1-11-9-12(3-4-13(11)17-2)5-6-14(16)7-8-15-10-14/h3-4,9,15-16H,5-8,10H2,1-2H3. The highest BCUT2D eigenvalue weighted by molar-refractivity contribution is 5.36. The van der Waals surface area contributed by atoms with E-state index in [1.54, 1.807) is 7.11 Å². The van der Waals surface area contributed by atoms with E-state index < -0.39 is 5.60 Å². The molecule has 2 N–H and O–H groups in total. The van der Waals surface area contributed by atoms with Crippen molar-refractivity contribution in [3.63, 3.8) is 0 Å². The van der Waals surface area contributed by atoms with E-state index >= 15 is 0 Å². The first-order chi connectivity index (χ1) is 8.13. The van der Waals surface area contributed by atoms with Crippen LogP contribution in [0.15, 0.2) is 18.2 Å². The lowest BCUT2D eigenvalue weighted by Gasteiger charge is -2.21. The second-order valence-corrected chi connectivity index (χ2v) is 4.96. The van der Waals surface area contributed by atoms with Crippen molar-refractivity contribution < 1.29 is 9.84 Å². The van der Waals surface area contributed by atoms with E-state index in [-0.39, 0.29) is 0 Å². The smallest absolute Gasteiger partial charge is 0.121 e. The molecule has 94 valence electrons. The molecule has 0 saturated carbocycles. The van der Waals surface area contributed by atoms with Crippen LogP contribution in [-0.4, -0.2) is 30.9 Å². The summed E-state index contributed by atoms with van der Waals surface area (Å²) in [5, 5.41) is 13.4. The van der Waals surface area contributed by atoms with Gasteiger partial charge in [0.25, 0.3) is 0 Å². The Morgan fingerprint density at radius 3 is 2.88 bits per heavy atom. The molecule has 1 aliphatic rings. The van der Waals surface area contributed by atoms with Crippen molar-refractivity contribution in [2.75, 3.05) is 20.2 Å². The molecule has 1 aromatic rings. The number of ether oxygens (including phenoxy) is 1. The van der Waals surface area contributed by atoms with E-state index in [2.05, 4.69) is 17.4 Å². The lowest BCUT2D eigenvalue weighted by molar-refractivity contribution is 0.0526. The summed E-state index contributed by atoms with van der Waals surface area (Å²) >= 11 is 0. The fourth-order valence-electron chi connectivity index (χ4n) is 2.42. The number of methoxy groups -OCH3 is 1. The van der Waals surface area contributed by atoms with Crippen LogP contribution in [0.3, 0.4) is 0 Å². The fourth-order valence-corrected chi connectivity index (χ4v) is 2.42. The van der Waals surface area contributed by atoms with Gasteiger partial charge in [-0.2, -0.15) is 0 Å². The Morgan fingerprint density at radius 2 is 2.29 bits per heavy atom. The topological polar surface area (TPSA) is 41.5 Å². The maximum Gasteiger partial charge on any atom is 0.121 e. The summed E-state index contributed by atoms with van der Waals surface area (Å²) in [5.74, 6) is 0.926. The van der Waals surface area contributed by atoms with Gasteiger partial charge in [-0.05, 0) is 49.9 Å². The van der Waals surface area contributed by atoms with Gasteiger partial charge in [0.1, 0.15) is 5.75 Å². The van der Waals surface area contributed by atoms with Crippen molar-refractivity contribution in [1.29, 1.82) is 0 Å². The molecule has 0 bridgehead atoms. The third-order valence-corrected chi connectivity index (χ3v) is 3.56. The predicted octanol–water partition coefficient (Wildman–Crippen LogP) is 1.66. The summed E-state index contributed by atoms with van der Waals surface area (Å²) < 4.78 is 5.24. The average Bonchev–Trinajstić information content (AvgIpc) is 2.74. The second-order valence-electron chi connectivity index (χ2n) is 4.96. The normalized spacial score (nSPS) is 23.9. The molecule has 3 heteroatoms. The molecule has 1 heterocycles. The first kappa shape index (κ1) is 12.4. The highest BCUT2D eigenvalue weighted by atomic mass is 16.5. The van der Waals surface area contributed by atoms with Crippen LogP contribution in [-0.2, 0) is 6.42 Å². The summed E-state index contributed by atoms with van der Waals surface area (Å²) in [5.41, 5.74) is 1.92. The van der Waals surface area contributed by atoms with Crippen LogP contribution in [0.5, 0.6) is 5.75 Å². The molecule has 2 rings (SSSR count). The quantitative estimate of drug-likeness (QED) is 0.834. The van der Waals surface area contributed by atoms with E-state index in [0.717, 1.165) is 43.7 Å². The highest BCUT2D eigenvalue weighted by Gasteiger charge is 2.30. The molecule has 1 unspecified atom stereocenters. The number of rotatable bonds is 4. The van der Waals surface area contributed by atoms with Crippen LogP contribution in [0, 0.1) is 6.92 Å². The van der Waals surface area contributed by atoms with Gasteiger partial charge in [-0.3, -0.25) is 0 Å². The first-order valence-corrected chi connectivity index (χ1v) is 6.20. The minimum atomic E-state index is -0.506. The minimum Gasteiger partial charge on any atom is -0.496 e. The molecule has 17 heavy (non-hydrogen) atoms. The van der Waals surface area contributed by atoms with Crippen molar-refractivity contribution in [3.05, 3.63) is 29.3 Å². The van der Waals surface area contributed by atoms with Crippen LogP contribution >= 0.6 is 0 Å². The van der Waals surface area contributed by atoms with Crippen molar-refractivity contribution in [3.8, 4) is 5.75 Å². The third-order valence-electron chi connectivity index (χ3n) is 3.56. The summed E-state index contributed by atoms with van der Waals surface area (Å²) in [4.78, 5) is 0. The lowest BCUT2D eigenvalue weighted by Crippen LogP contribution is -2.31. The van der Waals surface area contributed by atoms with Gasteiger partial charge in [0.15, 0.2) is 0 Å². The van der Waals surface area contributed by atoms with Crippen LogP contribution in [0.2, 0.25) is 0 Å². The monoisotopic (exact) mass is 235 g/mol. The van der Waals surface area contributed by atoms with Crippen molar-refractivity contribution in [2.45, 2.75) is 31.8 Å². The highest BCUT2D eigenvalue weighted by Crippen LogP contribution is 2.24. The zero-order valence-corrected chi connectivity index (χ0v) is 10.6. The molecule has 0 aliphatic carbocycles. The zero-order chi connectivity index (χ0) is 12.3. The van der Waals surface area contributed by atoms with Crippen molar-refractivity contribution in [1.82, 2.24) is 5.32 Å². The van der Waals surface area contributed by atoms with Gasteiger partial charge >= 0.3 is 0 Å². The Hall–Kier alpha value is -1.06. The minimum absolute atomic E-state index is 0.506. The SMILES string of the molecule is COc1ccc(CCC2(O)CCNC2)cc1C. The third kappa shape index (κ3) is 2.99. The fraction of sp³-hybridized carbons (Fsp3) is 0.571. The van der Waals surface area contributed by atoms with Gasteiger partial charge in [-0.25, -0.2) is 0 Å². The van der Waals surface area contributed by atoms with E-state index in [1.165, 1.54) is 5.56 Å². The number of aryl methyl sites for hydroxylation is 2. The van der Waals surface area contributed by atoms with E-state index in [0.29, 0.717) is 0 Å². The van der Waals surface area contributed by atoms with E-state index in [1.807, 2.05) is 13.0 Å². The van der Waals surface area contributed by atoms with Gasteiger partial charge in [-0.1, -0.05) is 12.1 Å². The number of aliphatic hydroxyl groups is 1. The molecule has 1 atom stereocenters. The van der Waals surface area contributed by atoms with Crippen molar-refractivity contribution >= 4 is 0 Å². The number of hydrogen-bond donors (Lipinski definition) is 2. The first-order valence-electron chi connectivity index (χ1n) is 6.20. The average molecular weight is 235 g/mol. The Labute approximate surface area is 103 Å². The largest absolute Gasteiger partial charge is 0.496 e. The Balaban J connectivity index is 1.97. The number of benzene rings is 1. The molecule has 0 aromatic heterocycles. The molecule has 1 fully saturated rings. The Kier molecular flexibility index (Phi) is 3.69. The van der Waals surface area contributed by atoms with Gasteiger partial charge in [0, 0.05) is 6.54 Å². The van der Waals surface area contributed by atoms with E-state index in [4.69, 9.17) is 4.74 Å². The molecule has 0 radical (unpaired) electrons. The number of β-amino-alcohol motifs (C(OH)–C–C–N with tert-alkyl or cyclic N) is 1. The van der Waals surface area contributed by atoms with Gasteiger partial charge in [0.05, 0.1) is 12.7 Å².